The Bertz CT molecular complexity index is 326. The van der Waals surface area contributed by atoms with E-state index in [0.717, 1.165) is 5.56 Å². The Balaban J connectivity index is 2.31. The molecule has 0 aromatic carbocycles. The molecule has 13 heavy (non-hydrogen) atoms. The van der Waals surface area contributed by atoms with Gasteiger partial charge in [-0.1, -0.05) is 6.07 Å². The molecule has 1 aromatic heterocycles. The van der Waals surface area contributed by atoms with Crippen molar-refractivity contribution in [1.29, 1.82) is 0 Å². The average Bonchev–Trinajstić information content (AvgIpc) is 2.49. The van der Waals surface area contributed by atoms with Crippen molar-refractivity contribution in [1.82, 2.24) is 10.3 Å². The van der Waals surface area contributed by atoms with Crippen molar-refractivity contribution in [3.05, 3.63) is 30.1 Å². The number of aromatic nitrogens is 1. The number of amides is 1. The van der Waals surface area contributed by atoms with Crippen molar-refractivity contribution in [3.8, 4) is 0 Å². The number of nitrogens with zero attached hydrogens (tertiary/aromatic N) is 1. The summed E-state index contributed by atoms with van der Waals surface area (Å²) in [5, 5.41) is 2.75. The maximum Gasteiger partial charge on any atom is 0.408 e. The number of pyridine rings is 1. The number of ether oxygens (including phenoxy) is 1. The number of hydrogen-bond acceptors (Lipinski definition) is 3. The lowest BCUT2D eigenvalue weighted by atomic mass is 9.96. The minimum Gasteiger partial charge on any atom is -0.447 e. The molecule has 2 rings (SSSR count). The van der Waals surface area contributed by atoms with E-state index in [-0.39, 0.29) is 6.09 Å². The van der Waals surface area contributed by atoms with E-state index in [1.165, 1.54) is 0 Å². The van der Waals surface area contributed by atoms with Gasteiger partial charge in [-0.2, -0.15) is 0 Å². The smallest absolute Gasteiger partial charge is 0.408 e. The van der Waals surface area contributed by atoms with E-state index in [0.29, 0.717) is 6.61 Å². The number of rotatable bonds is 1. The fourth-order valence-electron chi connectivity index (χ4n) is 1.35. The molecule has 1 N–H and O–H groups in total. The summed E-state index contributed by atoms with van der Waals surface area (Å²) >= 11 is 0. The fraction of sp³-hybridized carbons (Fsp3) is 0.333. The molecule has 2 heterocycles. The second kappa shape index (κ2) is 2.73. The normalized spacial score (nSPS) is 26.7. The largest absolute Gasteiger partial charge is 0.447 e. The van der Waals surface area contributed by atoms with Gasteiger partial charge in [0.05, 0.1) is 0 Å². The van der Waals surface area contributed by atoms with Gasteiger partial charge in [-0.25, -0.2) is 4.79 Å². The number of carbonyl (C=O) groups is 1. The van der Waals surface area contributed by atoms with Crippen LogP contribution in [0.1, 0.15) is 12.5 Å². The first-order valence-electron chi connectivity index (χ1n) is 4.06. The highest BCUT2D eigenvalue weighted by Crippen LogP contribution is 2.24. The lowest BCUT2D eigenvalue weighted by Gasteiger charge is -2.20. The van der Waals surface area contributed by atoms with Crippen molar-refractivity contribution in [2.75, 3.05) is 6.61 Å². The molecule has 1 aliphatic rings. The van der Waals surface area contributed by atoms with Gasteiger partial charge in [-0.15, -0.1) is 0 Å². The van der Waals surface area contributed by atoms with Crippen LogP contribution >= 0.6 is 0 Å². The number of nitrogens with one attached hydrogen (secondary N) is 1. The molecular formula is C9H10N2O2. The van der Waals surface area contributed by atoms with Gasteiger partial charge >= 0.3 is 6.09 Å². The molecule has 0 saturated carbocycles. The summed E-state index contributed by atoms with van der Waals surface area (Å²) in [4.78, 5) is 14.9. The molecule has 1 saturated heterocycles. The molecule has 1 fully saturated rings. The Labute approximate surface area is 75.9 Å². The van der Waals surface area contributed by atoms with Crippen LogP contribution in [0.5, 0.6) is 0 Å². The van der Waals surface area contributed by atoms with Gasteiger partial charge < -0.3 is 10.1 Å². The predicted molar refractivity (Wildman–Crippen MR) is 46.1 cm³/mol. The van der Waals surface area contributed by atoms with Crippen LogP contribution in [0.2, 0.25) is 0 Å². The molecule has 4 nitrogen and oxygen atoms in total. The van der Waals surface area contributed by atoms with Crippen molar-refractivity contribution < 1.29 is 9.53 Å². The Hall–Kier alpha value is -1.58. The van der Waals surface area contributed by atoms with Gasteiger partial charge in [-0.05, 0) is 18.6 Å². The van der Waals surface area contributed by atoms with Crippen LogP contribution in [0.3, 0.4) is 0 Å². The molecule has 1 aromatic rings. The molecule has 0 spiro atoms. The zero-order valence-electron chi connectivity index (χ0n) is 7.28. The molecule has 68 valence electrons. The van der Waals surface area contributed by atoms with Crippen molar-refractivity contribution in [2.24, 2.45) is 0 Å². The lowest BCUT2D eigenvalue weighted by Crippen LogP contribution is -2.37. The number of hydrogen-bond donors (Lipinski definition) is 1. The third-order valence-electron chi connectivity index (χ3n) is 2.17. The van der Waals surface area contributed by atoms with Crippen LogP contribution in [0.15, 0.2) is 24.5 Å². The van der Waals surface area contributed by atoms with E-state index in [9.17, 15) is 4.79 Å². The van der Waals surface area contributed by atoms with Gasteiger partial charge in [0, 0.05) is 12.4 Å². The average molecular weight is 178 g/mol. The fourth-order valence-corrected chi connectivity index (χ4v) is 1.35. The minimum absolute atomic E-state index is 0.359. The standard InChI is InChI=1S/C9H10N2O2/c1-9(6-13-8(12)11-9)7-3-2-4-10-5-7/h2-5H,6H2,1H3,(H,11,12). The van der Waals surface area contributed by atoms with Gasteiger partial charge in [-0.3, -0.25) is 4.98 Å². The monoisotopic (exact) mass is 178 g/mol. The van der Waals surface area contributed by atoms with Crippen molar-refractivity contribution >= 4 is 6.09 Å². The van der Waals surface area contributed by atoms with Crippen molar-refractivity contribution in [3.63, 3.8) is 0 Å². The lowest BCUT2D eigenvalue weighted by molar-refractivity contribution is 0.173. The molecule has 0 bridgehead atoms. The highest BCUT2D eigenvalue weighted by atomic mass is 16.6. The Morgan fingerprint density at radius 1 is 1.69 bits per heavy atom. The van der Waals surface area contributed by atoms with E-state index < -0.39 is 5.54 Å². The van der Waals surface area contributed by atoms with E-state index >= 15 is 0 Å². The first-order valence-corrected chi connectivity index (χ1v) is 4.06. The van der Waals surface area contributed by atoms with Gasteiger partial charge in [0.15, 0.2) is 0 Å². The zero-order valence-corrected chi connectivity index (χ0v) is 7.28. The summed E-state index contributed by atoms with van der Waals surface area (Å²) in [5.41, 5.74) is 0.534. The molecule has 1 aliphatic heterocycles. The molecule has 0 radical (unpaired) electrons. The van der Waals surface area contributed by atoms with Gasteiger partial charge in [0.1, 0.15) is 12.1 Å². The number of carbonyl (C=O) groups excluding carboxylic acids is 1. The summed E-state index contributed by atoms with van der Waals surface area (Å²) in [6.45, 7) is 2.27. The second-order valence-corrected chi connectivity index (χ2v) is 3.27. The molecule has 1 atom stereocenters. The van der Waals surface area contributed by atoms with Crippen LogP contribution in [0, 0.1) is 0 Å². The predicted octanol–water partition coefficient (Wildman–Crippen LogP) is 1.04. The summed E-state index contributed by atoms with van der Waals surface area (Å²) in [6.07, 6.45) is 3.06. The highest BCUT2D eigenvalue weighted by molar-refractivity contribution is 5.71. The van der Waals surface area contributed by atoms with Crippen molar-refractivity contribution in [2.45, 2.75) is 12.5 Å². The SMILES string of the molecule is CC1(c2cccnc2)COC(=O)N1. The first kappa shape index (κ1) is 8.04. The van der Waals surface area contributed by atoms with E-state index in [1.807, 2.05) is 19.1 Å². The van der Waals surface area contributed by atoms with E-state index in [1.54, 1.807) is 12.4 Å². The number of alkyl carbamates (subject to hydrolysis) is 1. The topological polar surface area (TPSA) is 51.2 Å². The third kappa shape index (κ3) is 1.35. The first-order chi connectivity index (χ1) is 6.21. The van der Waals surface area contributed by atoms with Gasteiger partial charge in [0.25, 0.3) is 0 Å². The second-order valence-electron chi connectivity index (χ2n) is 3.27. The Kier molecular flexibility index (Phi) is 1.69. The molecule has 1 amide bonds. The maximum atomic E-state index is 10.9. The molecule has 4 heteroatoms. The Morgan fingerprint density at radius 2 is 2.54 bits per heavy atom. The van der Waals surface area contributed by atoms with E-state index in [2.05, 4.69) is 10.3 Å². The summed E-state index contributed by atoms with van der Waals surface area (Å²) in [5.74, 6) is 0. The highest BCUT2D eigenvalue weighted by Gasteiger charge is 2.36. The summed E-state index contributed by atoms with van der Waals surface area (Å²) < 4.78 is 4.85. The van der Waals surface area contributed by atoms with Crippen LogP contribution in [-0.4, -0.2) is 17.7 Å². The quantitative estimate of drug-likeness (QED) is 0.699. The molecule has 1 unspecified atom stereocenters. The molecule has 0 aliphatic carbocycles. The van der Waals surface area contributed by atoms with Crippen LogP contribution in [-0.2, 0) is 10.3 Å². The van der Waals surface area contributed by atoms with Gasteiger partial charge in [0.2, 0.25) is 0 Å². The zero-order chi connectivity index (χ0) is 9.31. The minimum atomic E-state index is -0.425. The Morgan fingerprint density at radius 3 is 3.08 bits per heavy atom. The van der Waals surface area contributed by atoms with E-state index in [4.69, 9.17) is 4.74 Å². The molecular weight excluding hydrogens is 168 g/mol. The maximum absolute atomic E-state index is 10.9. The van der Waals surface area contributed by atoms with Crippen LogP contribution < -0.4 is 5.32 Å². The van der Waals surface area contributed by atoms with Crippen LogP contribution in [0.25, 0.3) is 0 Å². The van der Waals surface area contributed by atoms with Crippen LogP contribution in [0.4, 0.5) is 4.79 Å². The third-order valence-corrected chi connectivity index (χ3v) is 2.17. The summed E-state index contributed by atoms with van der Waals surface area (Å²) in [7, 11) is 0. The summed E-state index contributed by atoms with van der Waals surface area (Å²) in [6, 6.07) is 3.76. The number of cyclic esters (lactones) is 1.